The van der Waals surface area contributed by atoms with E-state index in [0.29, 0.717) is 29.4 Å². The van der Waals surface area contributed by atoms with Crippen LogP contribution in [-0.4, -0.2) is 19.6 Å². The third-order valence-corrected chi connectivity index (χ3v) is 2.70. The predicted octanol–water partition coefficient (Wildman–Crippen LogP) is 2.27. The van der Waals surface area contributed by atoms with E-state index < -0.39 is 0 Å². The highest BCUT2D eigenvalue weighted by atomic mass is 35.5. The lowest BCUT2D eigenvalue weighted by atomic mass is 10.1. The molecule has 0 saturated carbocycles. The zero-order valence-electron chi connectivity index (χ0n) is 10.00. The number of ether oxygens (including phenoxy) is 1. The fourth-order valence-corrected chi connectivity index (χ4v) is 1.54. The first kappa shape index (κ1) is 13.8. The Morgan fingerprint density at radius 2 is 2.29 bits per heavy atom. The fourth-order valence-electron chi connectivity index (χ4n) is 1.33. The maximum atomic E-state index is 11.6. The molecule has 3 N–H and O–H groups in total. The molecule has 5 heteroatoms. The second-order valence-electron chi connectivity index (χ2n) is 3.94. The van der Waals surface area contributed by atoms with Crippen LogP contribution in [0.4, 0.5) is 5.69 Å². The predicted molar refractivity (Wildman–Crippen MR) is 69.5 cm³/mol. The lowest BCUT2D eigenvalue weighted by molar-refractivity contribution is -0.116. The number of amides is 1. The summed E-state index contributed by atoms with van der Waals surface area (Å²) in [5.41, 5.74) is 6.04. The van der Waals surface area contributed by atoms with E-state index in [-0.39, 0.29) is 11.8 Å². The molecule has 4 nitrogen and oxygen atoms in total. The summed E-state index contributed by atoms with van der Waals surface area (Å²) in [5.74, 6) is 0.727. The van der Waals surface area contributed by atoms with Crippen molar-refractivity contribution in [3.63, 3.8) is 0 Å². The highest BCUT2D eigenvalue weighted by Crippen LogP contribution is 2.26. The summed E-state index contributed by atoms with van der Waals surface area (Å²) in [7, 11) is 1.56. The van der Waals surface area contributed by atoms with Gasteiger partial charge >= 0.3 is 0 Å². The number of hydrogen-bond donors (Lipinski definition) is 2. The van der Waals surface area contributed by atoms with Crippen molar-refractivity contribution >= 4 is 23.2 Å². The van der Waals surface area contributed by atoms with Gasteiger partial charge in [-0.25, -0.2) is 0 Å². The maximum Gasteiger partial charge on any atom is 0.224 e. The number of carbonyl (C=O) groups excluding carboxylic acids is 1. The Labute approximate surface area is 106 Å². The molecule has 0 aliphatic carbocycles. The zero-order valence-corrected chi connectivity index (χ0v) is 10.8. The topological polar surface area (TPSA) is 64.3 Å². The van der Waals surface area contributed by atoms with E-state index in [4.69, 9.17) is 22.1 Å². The van der Waals surface area contributed by atoms with Gasteiger partial charge in [0.1, 0.15) is 5.75 Å². The van der Waals surface area contributed by atoms with Crippen molar-refractivity contribution < 1.29 is 9.53 Å². The van der Waals surface area contributed by atoms with Gasteiger partial charge in [0.2, 0.25) is 5.91 Å². The van der Waals surface area contributed by atoms with E-state index in [1.165, 1.54) is 0 Å². The van der Waals surface area contributed by atoms with Crippen LogP contribution in [0.15, 0.2) is 18.2 Å². The van der Waals surface area contributed by atoms with Gasteiger partial charge < -0.3 is 15.8 Å². The van der Waals surface area contributed by atoms with Crippen molar-refractivity contribution in [3.05, 3.63) is 23.2 Å². The van der Waals surface area contributed by atoms with Crippen molar-refractivity contribution in [3.8, 4) is 5.75 Å². The third-order valence-electron chi connectivity index (χ3n) is 2.39. The maximum absolute atomic E-state index is 11.6. The number of anilines is 1. The molecule has 0 aliphatic rings. The number of nitrogens with two attached hydrogens (primary N) is 1. The van der Waals surface area contributed by atoms with Crippen molar-refractivity contribution in [2.75, 3.05) is 19.0 Å². The summed E-state index contributed by atoms with van der Waals surface area (Å²) in [6.45, 7) is 2.42. The Morgan fingerprint density at radius 1 is 1.59 bits per heavy atom. The van der Waals surface area contributed by atoms with Gasteiger partial charge in [-0.2, -0.15) is 0 Å². The molecule has 0 saturated heterocycles. The second kappa shape index (κ2) is 6.47. The van der Waals surface area contributed by atoms with Crippen LogP contribution < -0.4 is 15.8 Å². The van der Waals surface area contributed by atoms with Gasteiger partial charge in [0, 0.05) is 12.5 Å². The molecule has 1 aromatic rings. The normalized spacial score (nSPS) is 12.0. The van der Waals surface area contributed by atoms with Gasteiger partial charge in [-0.1, -0.05) is 18.5 Å². The molecule has 0 heterocycles. The van der Waals surface area contributed by atoms with Crippen LogP contribution in [0.25, 0.3) is 0 Å². The summed E-state index contributed by atoms with van der Waals surface area (Å²) >= 11 is 6.00. The molecule has 0 aromatic heterocycles. The SMILES string of the molecule is COc1ccc(NC(=O)CC(C)CN)c(Cl)c1. The first-order chi connectivity index (χ1) is 8.06. The van der Waals surface area contributed by atoms with Crippen LogP contribution >= 0.6 is 11.6 Å². The summed E-state index contributed by atoms with van der Waals surface area (Å²) in [4.78, 5) is 11.6. The highest BCUT2D eigenvalue weighted by Gasteiger charge is 2.10. The van der Waals surface area contributed by atoms with Crippen LogP contribution in [0, 0.1) is 5.92 Å². The number of halogens is 1. The van der Waals surface area contributed by atoms with E-state index in [2.05, 4.69) is 5.32 Å². The molecule has 1 amide bonds. The molecule has 1 rings (SSSR count). The largest absolute Gasteiger partial charge is 0.497 e. The van der Waals surface area contributed by atoms with Gasteiger partial charge in [0.15, 0.2) is 0 Å². The zero-order chi connectivity index (χ0) is 12.8. The number of methoxy groups -OCH3 is 1. The summed E-state index contributed by atoms with van der Waals surface area (Å²) in [6, 6.07) is 5.11. The Balaban J connectivity index is 2.65. The smallest absolute Gasteiger partial charge is 0.224 e. The van der Waals surface area contributed by atoms with Crippen LogP contribution in [-0.2, 0) is 4.79 Å². The van der Waals surface area contributed by atoms with Crippen molar-refractivity contribution in [2.45, 2.75) is 13.3 Å². The summed E-state index contributed by atoms with van der Waals surface area (Å²) < 4.78 is 5.02. The number of rotatable bonds is 5. The van der Waals surface area contributed by atoms with E-state index in [1.807, 2.05) is 6.92 Å². The average Bonchev–Trinajstić information content (AvgIpc) is 2.31. The van der Waals surface area contributed by atoms with E-state index >= 15 is 0 Å². The molecule has 0 aliphatic heterocycles. The number of carbonyl (C=O) groups is 1. The third kappa shape index (κ3) is 4.24. The minimum Gasteiger partial charge on any atom is -0.497 e. The number of nitrogens with one attached hydrogen (secondary N) is 1. The van der Waals surface area contributed by atoms with Crippen LogP contribution in [0.5, 0.6) is 5.75 Å². The van der Waals surface area contributed by atoms with Crippen LogP contribution in [0.2, 0.25) is 5.02 Å². The summed E-state index contributed by atoms with van der Waals surface area (Å²) in [5, 5.41) is 3.20. The molecular weight excluding hydrogens is 240 g/mol. The molecule has 1 aromatic carbocycles. The average molecular weight is 257 g/mol. The van der Waals surface area contributed by atoms with E-state index in [9.17, 15) is 4.79 Å². The lowest BCUT2D eigenvalue weighted by Gasteiger charge is -2.11. The van der Waals surface area contributed by atoms with Gasteiger partial charge in [-0.3, -0.25) is 4.79 Å². The molecule has 94 valence electrons. The summed E-state index contributed by atoms with van der Waals surface area (Å²) in [6.07, 6.45) is 0.388. The Kier molecular flexibility index (Phi) is 5.25. The molecule has 0 fully saturated rings. The van der Waals surface area contributed by atoms with Crippen LogP contribution in [0.1, 0.15) is 13.3 Å². The molecule has 17 heavy (non-hydrogen) atoms. The highest BCUT2D eigenvalue weighted by molar-refractivity contribution is 6.33. The molecule has 1 atom stereocenters. The second-order valence-corrected chi connectivity index (χ2v) is 4.35. The minimum absolute atomic E-state index is 0.0879. The Morgan fingerprint density at radius 3 is 2.82 bits per heavy atom. The Hall–Kier alpha value is -1.26. The Bertz CT molecular complexity index is 396. The fraction of sp³-hybridized carbons (Fsp3) is 0.417. The quantitative estimate of drug-likeness (QED) is 0.849. The lowest BCUT2D eigenvalue weighted by Crippen LogP contribution is -2.20. The molecule has 1 unspecified atom stereocenters. The van der Waals surface area contributed by atoms with Gasteiger partial charge in [-0.05, 0) is 24.6 Å². The molecule has 0 bridgehead atoms. The van der Waals surface area contributed by atoms with Crippen molar-refractivity contribution in [1.82, 2.24) is 0 Å². The first-order valence-electron chi connectivity index (χ1n) is 5.40. The van der Waals surface area contributed by atoms with Gasteiger partial charge in [-0.15, -0.1) is 0 Å². The number of benzene rings is 1. The van der Waals surface area contributed by atoms with E-state index in [0.717, 1.165) is 0 Å². The van der Waals surface area contributed by atoms with E-state index in [1.54, 1.807) is 25.3 Å². The van der Waals surface area contributed by atoms with Gasteiger partial charge in [0.05, 0.1) is 17.8 Å². The van der Waals surface area contributed by atoms with Crippen LogP contribution in [0.3, 0.4) is 0 Å². The van der Waals surface area contributed by atoms with Crippen molar-refractivity contribution in [1.29, 1.82) is 0 Å². The standard InChI is InChI=1S/C12H17ClN2O2/c1-8(7-14)5-12(16)15-11-4-3-9(17-2)6-10(11)13/h3-4,6,8H,5,7,14H2,1-2H3,(H,15,16). The first-order valence-corrected chi connectivity index (χ1v) is 5.78. The molecule has 0 radical (unpaired) electrons. The van der Waals surface area contributed by atoms with Gasteiger partial charge in [0.25, 0.3) is 0 Å². The van der Waals surface area contributed by atoms with Crippen molar-refractivity contribution in [2.24, 2.45) is 11.7 Å². The number of hydrogen-bond acceptors (Lipinski definition) is 3. The molecular formula is C12H17ClN2O2. The monoisotopic (exact) mass is 256 g/mol. The minimum atomic E-state index is -0.0879. The molecule has 0 spiro atoms.